The van der Waals surface area contributed by atoms with Crippen molar-refractivity contribution in [2.45, 2.75) is 45.6 Å². The maximum Gasteiger partial charge on any atom is 0.223 e. The highest BCUT2D eigenvalue weighted by atomic mass is 35.5. The third-order valence-corrected chi connectivity index (χ3v) is 5.40. The lowest BCUT2D eigenvalue weighted by Crippen LogP contribution is -2.38. The average Bonchev–Trinajstić information content (AvgIpc) is 2.67. The van der Waals surface area contributed by atoms with Gasteiger partial charge in [0, 0.05) is 43.1 Å². The molecule has 1 aliphatic rings. The maximum atomic E-state index is 13.0. The molecule has 1 aromatic heterocycles. The van der Waals surface area contributed by atoms with Crippen LogP contribution in [0.2, 0.25) is 5.02 Å². The molecule has 1 aliphatic heterocycles. The molecule has 0 saturated carbocycles. The first-order valence-corrected chi connectivity index (χ1v) is 10.4. The summed E-state index contributed by atoms with van der Waals surface area (Å²) in [7, 11) is 1.91. The number of carbonyl (C=O) groups excluding carboxylic acids is 1. The first kappa shape index (κ1) is 20.7. The molecule has 2 heterocycles. The Bertz CT molecular complexity index is 807. The van der Waals surface area contributed by atoms with Crippen LogP contribution in [0.3, 0.4) is 0 Å². The molecule has 0 unspecified atom stereocenters. The molecule has 1 atom stereocenters. The van der Waals surface area contributed by atoms with Crippen molar-refractivity contribution < 1.29 is 4.79 Å². The maximum absolute atomic E-state index is 13.0. The number of amides is 1. The van der Waals surface area contributed by atoms with Gasteiger partial charge in [-0.15, -0.1) is 0 Å². The molecule has 0 radical (unpaired) electrons. The zero-order chi connectivity index (χ0) is 20.1. The summed E-state index contributed by atoms with van der Waals surface area (Å²) in [6.07, 6.45) is 4.10. The summed E-state index contributed by atoms with van der Waals surface area (Å²) in [5, 5.41) is 3.92. The van der Waals surface area contributed by atoms with Gasteiger partial charge in [-0.1, -0.05) is 37.6 Å². The highest BCUT2D eigenvalue weighted by molar-refractivity contribution is 6.30. The molecule has 1 N–H and O–H groups in total. The number of hydrogen-bond acceptors (Lipinski definition) is 4. The first-order chi connectivity index (χ1) is 13.5. The van der Waals surface area contributed by atoms with E-state index in [-0.39, 0.29) is 11.8 Å². The lowest BCUT2D eigenvalue weighted by molar-refractivity contribution is -0.132. The molecule has 0 fully saturated rings. The monoisotopic (exact) mass is 400 g/mol. The minimum Gasteiger partial charge on any atom is -0.336 e. The number of halogens is 1. The van der Waals surface area contributed by atoms with Crippen LogP contribution in [-0.2, 0) is 24.2 Å². The van der Waals surface area contributed by atoms with Gasteiger partial charge in [0.1, 0.15) is 5.82 Å². The van der Waals surface area contributed by atoms with E-state index < -0.39 is 0 Å². The highest BCUT2D eigenvalue weighted by Crippen LogP contribution is 2.24. The van der Waals surface area contributed by atoms with Crippen molar-refractivity contribution in [3.05, 3.63) is 58.1 Å². The molecule has 1 aromatic carbocycles. The van der Waals surface area contributed by atoms with Gasteiger partial charge in [-0.25, -0.2) is 9.97 Å². The number of benzene rings is 1. The van der Waals surface area contributed by atoms with Gasteiger partial charge in [-0.05, 0) is 42.6 Å². The minimum absolute atomic E-state index is 0.123. The molecule has 0 aliphatic carbocycles. The smallest absolute Gasteiger partial charge is 0.223 e. The van der Waals surface area contributed by atoms with Crippen molar-refractivity contribution in [1.29, 1.82) is 0 Å². The van der Waals surface area contributed by atoms with E-state index in [9.17, 15) is 4.79 Å². The number of nitrogens with zero attached hydrogens (tertiary/aromatic N) is 3. The van der Waals surface area contributed by atoms with Gasteiger partial charge >= 0.3 is 0 Å². The summed E-state index contributed by atoms with van der Waals surface area (Å²) in [6, 6.07) is 7.78. The molecule has 0 saturated heterocycles. The van der Waals surface area contributed by atoms with Crippen LogP contribution in [-0.4, -0.2) is 40.9 Å². The topological polar surface area (TPSA) is 58.1 Å². The van der Waals surface area contributed by atoms with Crippen LogP contribution < -0.4 is 5.32 Å². The average molecular weight is 401 g/mol. The second-order valence-corrected chi connectivity index (χ2v) is 8.37. The van der Waals surface area contributed by atoms with Crippen LogP contribution in [0.5, 0.6) is 0 Å². The normalized spacial score (nSPS) is 14.8. The fourth-order valence-electron chi connectivity index (χ4n) is 3.65. The number of carbonyl (C=O) groups is 1. The van der Waals surface area contributed by atoms with Crippen LogP contribution >= 0.6 is 11.6 Å². The Morgan fingerprint density at radius 1 is 1.29 bits per heavy atom. The van der Waals surface area contributed by atoms with Gasteiger partial charge < -0.3 is 10.2 Å². The second-order valence-electron chi connectivity index (χ2n) is 7.93. The molecule has 0 spiro atoms. The summed E-state index contributed by atoms with van der Waals surface area (Å²) >= 11 is 6.01. The Balaban J connectivity index is 1.69. The molecule has 2 aromatic rings. The third-order valence-electron chi connectivity index (χ3n) is 5.15. The number of rotatable bonds is 7. The highest BCUT2D eigenvalue weighted by Gasteiger charge is 2.25. The second kappa shape index (κ2) is 9.48. The van der Waals surface area contributed by atoms with Crippen molar-refractivity contribution in [2.75, 3.05) is 20.1 Å². The van der Waals surface area contributed by atoms with Gasteiger partial charge in [0.25, 0.3) is 0 Å². The molecule has 150 valence electrons. The fourth-order valence-corrected chi connectivity index (χ4v) is 3.78. The van der Waals surface area contributed by atoms with E-state index in [2.05, 4.69) is 24.1 Å². The summed E-state index contributed by atoms with van der Waals surface area (Å²) < 4.78 is 0. The molecular weight excluding hydrogens is 372 g/mol. The van der Waals surface area contributed by atoms with E-state index in [0.717, 1.165) is 43.0 Å². The quantitative estimate of drug-likeness (QED) is 0.771. The summed E-state index contributed by atoms with van der Waals surface area (Å²) in [5.41, 5.74) is 3.30. The predicted octanol–water partition coefficient (Wildman–Crippen LogP) is 3.61. The summed E-state index contributed by atoms with van der Waals surface area (Å²) in [5.74, 6) is 1.68. The van der Waals surface area contributed by atoms with Crippen molar-refractivity contribution >= 4 is 17.5 Å². The SMILES string of the molecule is CNC[C@@H](CC(=O)N1CCc2cnc(CC(C)C)nc2C1)c1ccc(Cl)cc1. The number of fused-ring (bicyclic) bond motifs is 1. The number of aromatic nitrogens is 2. The summed E-state index contributed by atoms with van der Waals surface area (Å²) in [4.78, 5) is 24.2. The molecule has 6 heteroatoms. The fraction of sp³-hybridized carbons (Fsp3) is 0.500. The van der Waals surface area contributed by atoms with Crippen molar-refractivity contribution in [3.63, 3.8) is 0 Å². The van der Waals surface area contributed by atoms with E-state index in [1.54, 1.807) is 0 Å². The number of likely N-dealkylation sites (N-methyl/N-ethyl adjacent to an activating group) is 1. The number of nitrogens with one attached hydrogen (secondary N) is 1. The van der Waals surface area contributed by atoms with Gasteiger partial charge in [-0.2, -0.15) is 0 Å². The van der Waals surface area contributed by atoms with E-state index in [1.165, 1.54) is 5.56 Å². The van der Waals surface area contributed by atoms with Crippen molar-refractivity contribution in [3.8, 4) is 0 Å². The molecular formula is C22H29ClN4O. The lowest BCUT2D eigenvalue weighted by atomic mass is 9.94. The van der Waals surface area contributed by atoms with E-state index in [4.69, 9.17) is 16.6 Å². The van der Waals surface area contributed by atoms with Crippen LogP contribution in [0, 0.1) is 5.92 Å². The van der Waals surface area contributed by atoms with Gasteiger partial charge in [0.15, 0.2) is 0 Å². The molecule has 0 bridgehead atoms. The minimum atomic E-state index is 0.123. The third kappa shape index (κ3) is 5.30. The molecule has 1 amide bonds. The summed E-state index contributed by atoms with van der Waals surface area (Å²) in [6.45, 7) is 6.38. The zero-order valence-electron chi connectivity index (χ0n) is 16.9. The first-order valence-electron chi connectivity index (χ1n) is 9.97. The lowest BCUT2D eigenvalue weighted by Gasteiger charge is -2.30. The Kier molecular flexibility index (Phi) is 7.03. The van der Waals surface area contributed by atoms with Crippen LogP contribution in [0.25, 0.3) is 0 Å². The molecule has 28 heavy (non-hydrogen) atoms. The Morgan fingerprint density at radius 3 is 2.71 bits per heavy atom. The number of hydrogen-bond donors (Lipinski definition) is 1. The van der Waals surface area contributed by atoms with Gasteiger partial charge in [-0.3, -0.25) is 4.79 Å². The largest absolute Gasteiger partial charge is 0.336 e. The van der Waals surface area contributed by atoms with Crippen LogP contribution in [0.15, 0.2) is 30.5 Å². The molecule has 5 nitrogen and oxygen atoms in total. The van der Waals surface area contributed by atoms with Gasteiger partial charge in [0.2, 0.25) is 5.91 Å². The Morgan fingerprint density at radius 2 is 2.04 bits per heavy atom. The van der Waals surface area contributed by atoms with Gasteiger partial charge in [0.05, 0.1) is 12.2 Å². The zero-order valence-corrected chi connectivity index (χ0v) is 17.7. The van der Waals surface area contributed by atoms with Crippen LogP contribution in [0.1, 0.15) is 48.8 Å². The molecule has 3 rings (SSSR count). The Labute approximate surface area is 172 Å². The Hall–Kier alpha value is -1.98. The predicted molar refractivity (Wildman–Crippen MR) is 112 cm³/mol. The van der Waals surface area contributed by atoms with E-state index >= 15 is 0 Å². The van der Waals surface area contributed by atoms with E-state index in [0.29, 0.717) is 23.9 Å². The van der Waals surface area contributed by atoms with Crippen molar-refractivity contribution in [2.24, 2.45) is 5.92 Å². The standard InChI is InChI=1S/C22H29ClN4O/c1-15(2)10-21-25-13-17-8-9-27(14-20(17)26-21)22(28)11-18(12-24-3)16-4-6-19(23)7-5-16/h4-7,13,15,18,24H,8-12,14H2,1-3H3/t18-/m1/s1. The van der Waals surface area contributed by atoms with Crippen molar-refractivity contribution in [1.82, 2.24) is 20.2 Å². The van der Waals surface area contributed by atoms with Crippen LogP contribution in [0.4, 0.5) is 0 Å². The van der Waals surface area contributed by atoms with E-state index in [1.807, 2.05) is 42.4 Å².